The molecule has 1 N–H and O–H groups in total. The topological polar surface area (TPSA) is 111 Å². The molecule has 0 radical (unpaired) electrons. The number of nitrogens with one attached hydrogen (secondary N) is 1. The van der Waals surface area contributed by atoms with Crippen molar-refractivity contribution in [1.29, 1.82) is 5.26 Å². The van der Waals surface area contributed by atoms with E-state index in [0.717, 1.165) is 0 Å². The lowest BCUT2D eigenvalue weighted by atomic mass is 10.2. The lowest BCUT2D eigenvalue weighted by Gasteiger charge is -2.21. The molecule has 2 amide bonds. The monoisotopic (exact) mass is 498 g/mol. The number of nitrogens with zero attached hydrogens (tertiary/aromatic N) is 3. The summed E-state index contributed by atoms with van der Waals surface area (Å²) in [6.07, 6.45) is 3.00. The minimum absolute atomic E-state index is 0.204. The second kappa shape index (κ2) is 11.3. The van der Waals surface area contributed by atoms with E-state index in [-0.39, 0.29) is 16.7 Å². The minimum Gasteiger partial charge on any atom is -0.324 e. The smallest absolute Gasteiger partial charge is 0.248 e. The Balaban J connectivity index is 1.65. The first-order chi connectivity index (χ1) is 16.3. The molecule has 34 heavy (non-hydrogen) atoms. The molecule has 1 atom stereocenters. The highest BCUT2D eigenvalue weighted by Gasteiger charge is 2.33. The lowest BCUT2D eigenvalue weighted by molar-refractivity contribution is -0.132. The van der Waals surface area contributed by atoms with E-state index in [1.807, 2.05) is 6.07 Å². The van der Waals surface area contributed by atoms with Gasteiger partial charge < -0.3 is 10.2 Å². The molecule has 1 aliphatic rings. The second-order valence-electron chi connectivity index (χ2n) is 7.49. The number of thioether (sulfide) groups is 1. The Hall–Kier alpha value is -3.13. The predicted molar refractivity (Wildman–Crippen MR) is 133 cm³/mol. The number of sulfonamides is 1. The summed E-state index contributed by atoms with van der Waals surface area (Å²) in [5.74, 6) is 0.294. The van der Waals surface area contributed by atoms with Gasteiger partial charge in [-0.25, -0.2) is 8.42 Å². The van der Waals surface area contributed by atoms with Crippen molar-refractivity contribution in [2.24, 2.45) is 0 Å². The molecule has 1 heterocycles. The molecule has 1 aliphatic heterocycles. The maximum absolute atomic E-state index is 12.8. The molecule has 0 unspecified atom stereocenters. The zero-order valence-corrected chi connectivity index (χ0v) is 20.6. The van der Waals surface area contributed by atoms with Gasteiger partial charge in [0.1, 0.15) is 6.04 Å². The average Bonchev–Trinajstić information content (AvgIpc) is 3.34. The van der Waals surface area contributed by atoms with Crippen molar-refractivity contribution < 1.29 is 18.0 Å². The van der Waals surface area contributed by atoms with E-state index >= 15 is 0 Å². The number of hydrogen-bond donors (Lipinski definition) is 1. The van der Waals surface area contributed by atoms with Crippen molar-refractivity contribution >= 4 is 45.4 Å². The Morgan fingerprint density at radius 2 is 1.79 bits per heavy atom. The summed E-state index contributed by atoms with van der Waals surface area (Å²) in [6, 6.07) is 14.3. The Morgan fingerprint density at radius 1 is 1.15 bits per heavy atom. The normalized spacial score (nSPS) is 16.1. The van der Waals surface area contributed by atoms with Crippen molar-refractivity contribution in [3.63, 3.8) is 0 Å². The van der Waals surface area contributed by atoms with Crippen LogP contribution in [-0.4, -0.2) is 60.2 Å². The fourth-order valence-corrected chi connectivity index (χ4v) is 6.08. The van der Waals surface area contributed by atoms with E-state index in [9.17, 15) is 18.0 Å². The first kappa shape index (κ1) is 25.5. The summed E-state index contributed by atoms with van der Waals surface area (Å²) in [5, 5.41) is 11.7. The third kappa shape index (κ3) is 5.86. The average molecular weight is 499 g/mol. The van der Waals surface area contributed by atoms with Crippen LogP contribution in [0.15, 0.2) is 59.5 Å². The molecule has 0 spiro atoms. The fraction of sp³-hybridized carbons (Fsp3) is 0.292. The van der Waals surface area contributed by atoms with E-state index in [1.54, 1.807) is 56.3 Å². The minimum atomic E-state index is -3.54. The number of anilines is 1. The molecule has 8 nitrogen and oxygen atoms in total. The van der Waals surface area contributed by atoms with Crippen LogP contribution in [0, 0.1) is 11.3 Å². The van der Waals surface area contributed by atoms with Gasteiger partial charge in [-0.05, 0) is 48.0 Å². The van der Waals surface area contributed by atoms with Crippen LogP contribution in [0.5, 0.6) is 0 Å². The molecule has 1 saturated heterocycles. The summed E-state index contributed by atoms with van der Waals surface area (Å²) in [5.41, 5.74) is 1.73. The number of carbonyl (C=O) groups is 2. The highest BCUT2D eigenvalue weighted by atomic mass is 32.2. The molecule has 0 saturated carbocycles. The maximum Gasteiger partial charge on any atom is 0.248 e. The zero-order valence-electron chi connectivity index (χ0n) is 19.0. The number of benzene rings is 2. The van der Waals surface area contributed by atoms with Gasteiger partial charge in [0.05, 0.1) is 22.4 Å². The van der Waals surface area contributed by atoms with Gasteiger partial charge in [-0.3, -0.25) is 9.59 Å². The largest absolute Gasteiger partial charge is 0.324 e. The number of hydrogen-bond acceptors (Lipinski definition) is 6. The Kier molecular flexibility index (Phi) is 8.50. The maximum atomic E-state index is 12.8. The molecular weight excluding hydrogens is 472 g/mol. The Labute approximate surface area is 204 Å². The van der Waals surface area contributed by atoms with Crippen molar-refractivity contribution in [3.8, 4) is 6.07 Å². The molecule has 0 aromatic heterocycles. The van der Waals surface area contributed by atoms with Crippen molar-refractivity contribution in [2.75, 3.05) is 30.0 Å². The first-order valence-electron chi connectivity index (χ1n) is 10.8. The SMILES string of the molecule is CCN(CC)S(=O)(=O)c1ccc(/C=C/C(=O)N2CSC[C@@H]2C(=O)Nc2ccc(C#N)cc2)cc1. The Morgan fingerprint density at radius 3 is 2.38 bits per heavy atom. The molecule has 1 fully saturated rings. The molecule has 3 rings (SSSR count). The van der Waals surface area contributed by atoms with Crippen LogP contribution in [0.2, 0.25) is 0 Å². The van der Waals surface area contributed by atoms with E-state index in [4.69, 9.17) is 5.26 Å². The zero-order chi connectivity index (χ0) is 24.7. The number of nitriles is 1. The van der Waals surface area contributed by atoms with Gasteiger partial charge in [0.15, 0.2) is 0 Å². The van der Waals surface area contributed by atoms with E-state index in [0.29, 0.717) is 41.5 Å². The van der Waals surface area contributed by atoms with Gasteiger partial charge in [-0.1, -0.05) is 26.0 Å². The van der Waals surface area contributed by atoms with Crippen molar-refractivity contribution in [3.05, 3.63) is 65.7 Å². The number of rotatable bonds is 8. The van der Waals surface area contributed by atoms with Gasteiger partial charge in [0, 0.05) is 30.6 Å². The predicted octanol–water partition coefficient (Wildman–Crippen LogP) is 3.14. The fourth-order valence-electron chi connectivity index (χ4n) is 3.46. The molecule has 0 aliphatic carbocycles. The van der Waals surface area contributed by atoms with Gasteiger partial charge >= 0.3 is 0 Å². The molecule has 10 heteroatoms. The summed E-state index contributed by atoms with van der Waals surface area (Å²) >= 11 is 1.49. The molecule has 2 aromatic rings. The standard InChI is InChI=1S/C24H26N4O4S2/c1-3-27(4-2)34(31,32)21-12-7-18(8-13-21)9-14-23(29)28-17-33-16-22(28)24(30)26-20-10-5-19(15-25)6-11-20/h5-14,22H,3-4,16-17H2,1-2H3,(H,26,30)/b14-9+/t22-/m1/s1. The van der Waals surface area contributed by atoms with Crippen molar-refractivity contribution in [1.82, 2.24) is 9.21 Å². The van der Waals surface area contributed by atoms with E-state index in [1.165, 1.54) is 39.2 Å². The van der Waals surface area contributed by atoms with E-state index in [2.05, 4.69) is 5.32 Å². The van der Waals surface area contributed by atoms with Crippen LogP contribution in [0.3, 0.4) is 0 Å². The Bertz CT molecular complexity index is 1200. The summed E-state index contributed by atoms with van der Waals surface area (Å²) in [6.45, 7) is 4.36. The quantitative estimate of drug-likeness (QED) is 0.560. The summed E-state index contributed by atoms with van der Waals surface area (Å²) in [4.78, 5) is 27.2. The number of amides is 2. The van der Waals surface area contributed by atoms with Crippen LogP contribution >= 0.6 is 11.8 Å². The molecule has 2 aromatic carbocycles. The molecular formula is C24H26N4O4S2. The first-order valence-corrected chi connectivity index (χ1v) is 13.4. The second-order valence-corrected chi connectivity index (χ2v) is 10.4. The van der Waals surface area contributed by atoms with Crippen LogP contribution in [0.4, 0.5) is 5.69 Å². The van der Waals surface area contributed by atoms with Gasteiger partial charge in [-0.15, -0.1) is 11.8 Å². The van der Waals surface area contributed by atoms with E-state index < -0.39 is 16.1 Å². The van der Waals surface area contributed by atoms with Crippen molar-refractivity contribution in [2.45, 2.75) is 24.8 Å². The van der Waals surface area contributed by atoms with Crippen LogP contribution < -0.4 is 5.32 Å². The highest BCUT2D eigenvalue weighted by molar-refractivity contribution is 7.99. The summed E-state index contributed by atoms with van der Waals surface area (Å²) in [7, 11) is -3.54. The van der Waals surface area contributed by atoms with Crippen LogP contribution in [0.25, 0.3) is 6.08 Å². The van der Waals surface area contributed by atoms with Gasteiger partial charge in [0.25, 0.3) is 0 Å². The lowest BCUT2D eigenvalue weighted by Crippen LogP contribution is -2.43. The third-order valence-corrected chi connectivity index (χ3v) is 8.47. The highest BCUT2D eigenvalue weighted by Crippen LogP contribution is 2.23. The van der Waals surface area contributed by atoms with Crippen LogP contribution in [-0.2, 0) is 19.6 Å². The van der Waals surface area contributed by atoms with Crippen LogP contribution in [0.1, 0.15) is 25.0 Å². The number of carbonyl (C=O) groups excluding carboxylic acids is 2. The molecule has 178 valence electrons. The summed E-state index contributed by atoms with van der Waals surface area (Å²) < 4.78 is 26.6. The van der Waals surface area contributed by atoms with Gasteiger partial charge in [-0.2, -0.15) is 9.57 Å². The third-order valence-electron chi connectivity index (χ3n) is 5.39. The van der Waals surface area contributed by atoms with Gasteiger partial charge in [0.2, 0.25) is 21.8 Å². The molecule has 0 bridgehead atoms.